The molecule has 156 valence electrons. The van der Waals surface area contributed by atoms with Crippen molar-refractivity contribution in [1.29, 1.82) is 0 Å². The maximum absolute atomic E-state index is 12.8. The minimum absolute atomic E-state index is 0.0395. The molecule has 1 aliphatic rings. The van der Waals surface area contributed by atoms with Crippen molar-refractivity contribution in [3.05, 3.63) is 77.9 Å². The number of hydrogen-bond donors (Lipinski definition) is 2. The highest BCUT2D eigenvalue weighted by atomic mass is 16.2. The standard InChI is InChI=1S/C24H29N5O/c1-2-28(13-6-9-19-7-4-3-5-8-19)24(30)27-21-11-10-20-12-14-29(23(20)15-21)17-22-16-25-18-26-22/h3-5,7-8,10-11,15-16,18H,2,6,9,12-14,17H2,1H3,(H,25,26)(H,27,30). The Morgan fingerprint density at radius 2 is 2.10 bits per heavy atom. The molecule has 0 aliphatic carbocycles. The second kappa shape index (κ2) is 9.48. The first kappa shape index (κ1) is 20.0. The Hall–Kier alpha value is -3.28. The van der Waals surface area contributed by atoms with Gasteiger partial charge in [0.1, 0.15) is 0 Å². The molecule has 0 radical (unpaired) electrons. The number of carbonyl (C=O) groups is 1. The van der Waals surface area contributed by atoms with Gasteiger partial charge >= 0.3 is 6.03 Å². The number of aryl methyl sites for hydroxylation is 1. The Labute approximate surface area is 177 Å². The molecule has 4 rings (SSSR count). The second-order valence-corrected chi connectivity index (χ2v) is 7.67. The zero-order valence-electron chi connectivity index (χ0n) is 17.5. The van der Waals surface area contributed by atoms with E-state index in [0.29, 0.717) is 6.54 Å². The molecule has 30 heavy (non-hydrogen) atoms. The van der Waals surface area contributed by atoms with Gasteiger partial charge in [-0.3, -0.25) is 0 Å². The van der Waals surface area contributed by atoms with Crippen molar-refractivity contribution >= 4 is 17.4 Å². The SMILES string of the molecule is CCN(CCCc1ccccc1)C(=O)Nc1ccc2c(c1)N(Cc1c[nH]cn1)CC2. The van der Waals surface area contributed by atoms with Crippen molar-refractivity contribution in [2.45, 2.75) is 32.7 Å². The van der Waals surface area contributed by atoms with Gasteiger partial charge in [0.05, 0.1) is 18.6 Å². The van der Waals surface area contributed by atoms with Crippen LogP contribution in [0, 0.1) is 0 Å². The molecule has 0 saturated carbocycles. The third-order valence-corrected chi connectivity index (χ3v) is 5.64. The van der Waals surface area contributed by atoms with Crippen molar-refractivity contribution in [2.75, 3.05) is 29.9 Å². The minimum Gasteiger partial charge on any atom is -0.365 e. The molecular formula is C24H29N5O. The average Bonchev–Trinajstić information content (AvgIpc) is 3.42. The molecule has 0 unspecified atom stereocenters. The van der Waals surface area contributed by atoms with Gasteiger partial charge in [-0.25, -0.2) is 9.78 Å². The molecule has 2 amide bonds. The number of hydrogen-bond acceptors (Lipinski definition) is 3. The molecule has 6 heteroatoms. The van der Waals surface area contributed by atoms with E-state index in [0.717, 1.165) is 50.3 Å². The molecular weight excluding hydrogens is 374 g/mol. The summed E-state index contributed by atoms with van der Waals surface area (Å²) in [6, 6.07) is 16.6. The fourth-order valence-electron chi connectivity index (χ4n) is 3.98. The number of urea groups is 1. The normalized spacial score (nSPS) is 12.6. The summed E-state index contributed by atoms with van der Waals surface area (Å²) in [6.07, 6.45) is 6.59. The lowest BCUT2D eigenvalue weighted by molar-refractivity contribution is 0.214. The Balaban J connectivity index is 1.35. The number of aromatic amines is 1. The van der Waals surface area contributed by atoms with Crippen LogP contribution in [0.1, 0.15) is 30.2 Å². The third kappa shape index (κ3) is 4.82. The molecule has 0 bridgehead atoms. The molecule has 0 atom stereocenters. The van der Waals surface area contributed by atoms with Gasteiger partial charge in [0.2, 0.25) is 0 Å². The molecule has 6 nitrogen and oxygen atoms in total. The first-order valence-corrected chi connectivity index (χ1v) is 10.7. The second-order valence-electron chi connectivity index (χ2n) is 7.67. The Morgan fingerprint density at radius 1 is 1.23 bits per heavy atom. The summed E-state index contributed by atoms with van der Waals surface area (Å²) in [7, 11) is 0. The lowest BCUT2D eigenvalue weighted by Crippen LogP contribution is -2.35. The molecule has 3 aromatic rings. The van der Waals surface area contributed by atoms with E-state index in [1.54, 1.807) is 6.33 Å². The van der Waals surface area contributed by atoms with Gasteiger partial charge in [0.25, 0.3) is 0 Å². The van der Waals surface area contributed by atoms with Crippen LogP contribution in [0.5, 0.6) is 0 Å². The molecule has 0 saturated heterocycles. The predicted octanol–water partition coefficient (Wildman–Crippen LogP) is 4.46. The van der Waals surface area contributed by atoms with E-state index in [2.05, 4.69) is 56.6 Å². The van der Waals surface area contributed by atoms with E-state index in [-0.39, 0.29) is 6.03 Å². The summed E-state index contributed by atoms with van der Waals surface area (Å²) in [5.74, 6) is 0. The average molecular weight is 404 g/mol. The van der Waals surface area contributed by atoms with Gasteiger partial charge in [-0.1, -0.05) is 36.4 Å². The monoisotopic (exact) mass is 403 g/mol. The van der Waals surface area contributed by atoms with Crippen molar-refractivity contribution in [2.24, 2.45) is 0 Å². The van der Waals surface area contributed by atoms with Crippen LogP contribution in [0.25, 0.3) is 0 Å². The number of amides is 2. The third-order valence-electron chi connectivity index (χ3n) is 5.64. The van der Waals surface area contributed by atoms with E-state index in [9.17, 15) is 4.79 Å². The van der Waals surface area contributed by atoms with Gasteiger partial charge in [0, 0.05) is 37.2 Å². The van der Waals surface area contributed by atoms with E-state index >= 15 is 0 Å². The van der Waals surface area contributed by atoms with E-state index in [4.69, 9.17) is 0 Å². The maximum Gasteiger partial charge on any atom is 0.321 e. The lowest BCUT2D eigenvalue weighted by Gasteiger charge is -2.22. The van der Waals surface area contributed by atoms with Crippen LogP contribution in [0.3, 0.4) is 0 Å². The Morgan fingerprint density at radius 3 is 2.87 bits per heavy atom. The van der Waals surface area contributed by atoms with Crippen LogP contribution < -0.4 is 10.2 Å². The van der Waals surface area contributed by atoms with Gasteiger partial charge in [0.15, 0.2) is 0 Å². The Bertz CT molecular complexity index is 955. The fraction of sp³-hybridized carbons (Fsp3) is 0.333. The van der Waals surface area contributed by atoms with Gasteiger partial charge in [-0.05, 0) is 49.4 Å². The summed E-state index contributed by atoms with van der Waals surface area (Å²) >= 11 is 0. The van der Waals surface area contributed by atoms with Crippen molar-refractivity contribution in [3.8, 4) is 0 Å². The summed E-state index contributed by atoms with van der Waals surface area (Å²) in [4.78, 5) is 24.3. The molecule has 1 aromatic heterocycles. The number of anilines is 2. The number of imidazole rings is 1. The topological polar surface area (TPSA) is 64.3 Å². The fourth-order valence-corrected chi connectivity index (χ4v) is 3.98. The number of nitrogens with one attached hydrogen (secondary N) is 2. The van der Waals surface area contributed by atoms with Gasteiger partial charge < -0.3 is 20.1 Å². The molecule has 2 aromatic carbocycles. The highest BCUT2D eigenvalue weighted by molar-refractivity contribution is 5.90. The Kier molecular flexibility index (Phi) is 6.32. The molecule has 0 fully saturated rings. The largest absolute Gasteiger partial charge is 0.365 e. The van der Waals surface area contributed by atoms with Gasteiger partial charge in [-0.15, -0.1) is 0 Å². The lowest BCUT2D eigenvalue weighted by atomic mass is 10.1. The number of rotatable bonds is 8. The summed E-state index contributed by atoms with van der Waals surface area (Å²) in [6.45, 7) is 5.20. The zero-order chi connectivity index (χ0) is 20.8. The van der Waals surface area contributed by atoms with Crippen LogP contribution in [0.4, 0.5) is 16.2 Å². The minimum atomic E-state index is -0.0395. The van der Waals surface area contributed by atoms with Crippen LogP contribution >= 0.6 is 0 Å². The highest BCUT2D eigenvalue weighted by Gasteiger charge is 2.21. The van der Waals surface area contributed by atoms with Crippen LogP contribution in [-0.4, -0.2) is 40.5 Å². The molecule has 2 N–H and O–H groups in total. The van der Waals surface area contributed by atoms with Crippen molar-refractivity contribution < 1.29 is 4.79 Å². The van der Waals surface area contributed by atoms with Crippen molar-refractivity contribution in [3.63, 3.8) is 0 Å². The van der Waals surface area contributed by atoms with Crippen LogP contribution in [0.2, 0.25) is 0 Å². The van der Waals surface area contributed by atoms with Crippen molar-refractivity contribution in [1.82, 2.24) is 14.9 Å². The predicted molar refractivity (Wildman–Crippen MR) is 121 cm³/mol. The summed E-state index contributed by atoms with van der Waals surface area (Å²) < 4.78 is 0. The first-order valence-electron chi connectivity index (χ1n) is 10.7. The van der Waals surface area contributed by atoms with Crippen LogP contribution in [0.15, 0.2) is 61.1 Å². The zero-order valence-corrected chi connectivity index (χ0v) is 17.5. The number of H-pyrrole nitrogens is 1. The number of aromatic nitrogens is 2. The number of benzene rings is 2. The van der Waals surface area contributed by atoms with Crippen LogP contribution in [-0.2, 0) is 19.4 Å². The number of carbonyl (C=O) groups excluding carboxylic acids is 1. The van der Waals surface area contributed by atoms with E-state index in [1.165, 1.54) is 16.8 Å². The van der Waals surface area contributed by atoms with E-state index < -0.39 is 0 Å². The van der Waals surface area contributed by atoms with E-state index in [1.807, 2.05) is 30.2 Å². The summed E-state index contributed by atoms with van der Waals surface area (Å²) in [5.41, 5.74) is 5.67. The smallest absolute Gasteiger partial charge is 0.321 e. The molecule has 2 heterocycles. The quantitative estimate of drug-likeness (QED) is 0.584. The van der Waals surface area contributed by atoms with Gasteiger partial charge in [-0.2, -0.15) is 0 Å². The first-order chi connectivity index (χ1) is 14.7. The summed E-state index contributed by atoms with van der Waals surface area (Å²) in [5, 5.41) is 3.09. The number of fused-ring (bicyclic) bond motifs is 1. The number of nitrogens with zero attached hydrogens (tertiary/aromatic N) is 3. The maximum atomic E-state index is 12.8. The highest BCUT2D eigenvalue weighted by Crippen LogP contribution is 2.31. The molecule has 0 spiro atoms. The molecule has 1 aliphatic heterocycles.